The predicted molar refractivity (Wildman–Crippen MR) is 305 cm³/mol. The number of aromatic nitrogens is 8. The van der Waals surface area contributed by atoms with Gasteiger partial charge in [-0.05, 0) is 113 Å². The number of carbonyl (C=O) groups is 2. The molecule has 27 heteroatoms. The Kier molecular flexibility index (Phi) is 21.8. The molecular weight excluding hydrogens is 1280 g/mol. The highest BCUT2D eigenvalue weighted by Gasteiger charge is 2.51. The molecule has 0 unspecified atom stereocenters. The predicted octanol–water partition coefficient (Wildman–Crippen LogP) is 12.3. The zero-order valence-electron chi connectivity index (χ0n) is 39.9. The Morgan fingerprint density at radius 2 is 1.21 bits per heavy atom. The van der Waals surface area contributed by atoms with E-state index in [9.17, 15) is 18.4 Å². The Labute approximate surface area is 478 Å². The summed E-state index contributed by atoms with van der Waals surface area (Å²) in [4.78, 5) is 22.2. The molecule has 9 aromatic rings. The topological polar surface area (TPSA) is 266 Å². The van der Waals surface area contributed by atoms with Crippen LogP contribution in [0.5, 0.6) is 0 Å². The number of nitrogens with zero attached hydrogens (tertiary/aromatic N) is 5. The van der Waals surface area contributed by atoms with Crippen LogP contribution in [0.25, 0.3) is 44.0 Å². The van der Waals surface area contributed by atoms with Crippen molar-refractivity contribution in [1.82, 2.24) is 40.4 Å². The lowest BCUT2D eigenvalue weighted by Gasteiger charge is -2.32. The number of nitrogens with two attached hydrogens (primary N) is 3. The molecule has 1 saturated heterocycles. The van der Waals surface area contributed by atoms with Crippen LogP contribution in [0, 0.1) is 11.6 Å². The van der Waals surface area contributed by atoms with Gasteiger partial charge in [0.2, 0.25) is 0 Å². The first kappa shape index (κ1) is 61.3. The molecule has 0 radical (unpaired) electrons. The zero-order valence-corrected chi connectivity index (χ0v) is 48.5. The van der Waals surface area contributed by atoms with Gasteiger partial charge >= 0.3 is 7.12 Å². The lowest BCUT2D eigenvalue weighted by molar-refractivity contribution is 0.00578. The number of carbonyl (C=O) groups excluding carboxylic acids is 2. The number of hydrazine groups is 1. The number of benzene rings is 5. The smallest absolute Gasteiger partial charge is 0.412 e. The quantitative estimate of drug-likeness (QED) is 0.0319. The van der Waals surface area contributed by atoms with Crippen molar-refractivity contribution in [2.75, 3.05) is 0 Å². The van der Waals surface area contributed by atoms with Gasteiger partial charge < -0.3 is 20.5 Å². The minimum atomic E-state index is -0.676. The largest absolute Gasteiger partial charge is 0.494 e. The minimum absolute atomic E-state index is 0. The third kappa shape index (κ3) is 14.7. The molecular formula is C48H46BBr3Cl5F2N11O5. The van der Waals surface area contributed by atoms with E-state index in [4.69, 9.17) is 73.0 Å². The molecule has 1 amide bonds. The van der Waals surface area contributed by atoms with Crippen molar-refractivity contribution < 1.29 is 33.2 Å². The standard InChI is InChI=1S/C15H14ClN5O.C13H16BClN2O2.C7H3BrClFO.C7H4BrClN2.C6H3BrClF.H4N2.H2O/c16-10-6-8(5-9-7-18-19-13(9)10)14-12(15(17)22)11-3-1-2-4-21(11)20-14;1-12(2)13(3,4)19-14(18-12)9-5-8-7-16-17-11(8)10(15)6-9;8-5-1-4(3-11)7(10)6(9)2-5;8-5-1-4-3-10-11-7(4)6(9)2-5;7-4-1-2-6(9)5(8)3-4;1-2;/h5-7H,1-4H2,(H2,17,22)(H,18,19);5-7H,1-4H3,(H,16,17);1-3H;1-3H,(H,10,11);1-3H;1-2H2;1H2. The average Bonchev–Trinajstić information content (AvgIpc) is 4.21. The average molecular weight is 1320 g/mol. The molecule has 75 heavy (non-hydrogen) atoms. The molecule has 0 saturated carbocycles. The van der Waals surface area contributed by atoms with Crippen LogP contribution in [-0.4, -0.2) is 76.4 Å². The Balaban J connectivity index is 0.000000179. The maximum absolute atomic E-state index is 12.8. The maximum atomic E-state index is 12.8. The Morgan fingerprint density at radius 1 is 0.707 bits per heavy atom. The monoisotopic (exact) mass is 1320 g/mol. The van der Waals surface area contributed by atoms with Crippen LogP contribution >= 0.6 is 106 Å². The number of H-pyrrole nitrogens is 3. The number of hydrogen-bond donors (Lipinski definition) is 6. The molecule has 0 bridgehead atoms. The lowest BCUT2D eigenvalue weighted by atomic mass is 9.78. The molecule has 396 valence electrons. The van der Waals surface area contributed by atoms with Gasteiger partial charge in [-0.25, -0.2) is 8.78 Å². The van der Waals surface area contributed by atoms with E-state index in [1.807, 2.05) is 62.7 Å². The Morgan fingerprint density at radius 3 is 1.76 bits per heavy atom. The second-order valence-electron chi connectivity index (χ2n) is 17.1. The van der Waals surface area contributed by atoms with Crippen molar-refractivity contribution >= 4 is 163 Å². The summed E-state index contributed by atoms with van der Waals surface area (Å²) in [6, 6.07) is 18.6. The van der Waals surface area contributed by atoms with Crippen LogP contribution in [0.3, 0.4) is 0 Å². The van der Waals surface area contributed by atoms with E-state index >= 15 is 0 Å². The molecule has 4 aromatic heterocycles. The number of amides is 1. The fourth-order valence-corrected chi connectivity index (χ4v) is 10.3. The highest BCUT2D eigenvalue weighted by molar-refractivity contribution is 9.11. The fraction of sp³-hybridized carbons (Fsp3) is 0.208. The van der Waals surface area contributed by atoms with E-state index in [1.165, 1.54) is 24.3 Å². The van der Waals surface area contributed by atoms with Gasteiger partial charge in [0, 0.05) is 41.7 Å². The highest BCUT2D eigenvalue weighted by atomic mass is 79.9. The van der Waals surface area contributed by atoms with Crippen molar-refractivity contribution in [2.24, 2.45) is 17.4 Å². The van der Waals surface area contributed by atoms with Crippen molar-refractivity contribution in [3.63, 3.8) is 0 Å². The van der Waals surface area contributed by atoms with Crippen LogP contribution in [0.2, 0.25) is 25.1 Å². The number of aldehydes is 1. The minimum Gasteiger partial charge on any atom is -0.412 e. The lowest BCUT2D eigenvalue weighted by Crippen LogP contribution is -2.41. The Hall–Kier alpha value is -4.53. The molecule has 0 spiro atoms. The van der Waals surface area contributed by atoms with Crippen LogP contribution in [0.15, 0.2) is 98.7 Å². The van der Waals surface area contributed by atoms with Gasteiger partial charge in [-0.2, -0.15) is 20.4 Å². The number of primary amides is 1. The molecule has 6 heterocycles. The van der Waals surface area contributed by atoms with Gasteiger partial charge in [0.05, 0.1) is 88.3 Å². The van der Waals surface area contributed by atoms with Crippen LogP contribution in [0.1, 0.15) is 66.9 Å². The van der Waals surface area contributed by atoms with E-state index < -0.39 is 18.8 Å². The number of rotatable bonds is 4. The molecule has 0 atom stereocenters. The Bertz CT molecular complexity index is 3460. The maximum Gasteiger partial charge on any atom is 0.494 e. The molecule has 5 aromatic carbocycles. The van der Waals surface area contributed by atoms with Crippen molar-refractivity contribution in [2.45, 2.75) is 64.7 Å². The number of aromatic amines is 3. The first-order chi connectivity index (χ1) is 35.1. The first-order valence-corrected chi connectivity index (χ1v) is 26.2. The van der Waals surface area contributed by atoms with E-state index in [0.717, 1.165) is 84.2 Å². The molecule has 16 nitrogen and oxygen atoms in total. The summed E-state index contributed by atoms with van der Waals surface area (Å²) in [5.41, 5.74) is 11.1. The summed E-state index contributed by atoms with van der Waals surface area (Å²) in [5, 5.41) is 29.8. The van der Waals surface area contributed by atoms with E-state index in [1.54, 1.807) is 30.7 Å². The first-order valence-electron chi connectivity index (χ1n) is 21.9. The van der Waals surface area contributed by atoms with E-state index in [2.05, 4.69) is 95.2 Å². The molecule has 11 rings (SSSR count). The second kappa shape index (κ2) is 26.7. The second-order valence-corrected chi connectivity index (χ2v) is 21.9. The number of hydrogen-bond acceptors (Lipinski definition) is 10. The highest BCUT2D eigenvalue weighted by Crippen LogP contribution is 2.38. The molecule has 2 aliphatic rings. The summed E-state index contributed by atoms with van der Waals surface area (Å²) in [6.07, 6.45) is 8.55. The van der Waals surface area contributed by atoms with Crippen LogP contribution in [-0.2, 0) is 22.3 Å². The van der Waals surface area contributed by atoms with Gasteiger partial charge in [-0.3, -0.25) is 41.3 Å². The molecule has 0 aliphatic carbocycles. The van der Waals surface area contributed by atoms with E-state index in [0.29, 0.717) is 37.1 Å². The number of halogens is 10. The third-order valence-electron chi connectivity index (χ3n) is 11.7. The molecule has 11 N–H and O–H groups in total. The van der Waals surface area contributed by atoms with Gasteiger partial charge in [-0.1, -0.05) is 112 Å². The van der Waals surface area contributed by atoms with Crippen molar-refractivity contribution in [1.29, 1.82) is 0 Å². The molecule has 1 fully saturated rings. The van der Waals surface area contributed by atoms with Crippen LogP contribution < -0.4 is 22.9 Å². The third-order valence-corrected chi connectivity index (χ3v) is 14.5. The summed E-state index contributed by atoms with van der Waals surface area (Å²) >= 11 is 38.8. The summed E-state index contributed by atoms with van der Waals surface area (Å²) < 4.78 is 41.4. The fourth-order valence-electron chi connectivity index (χ4n) is 7.36. The number of nitrogens with one attached hydrogen (secondary N) is 3. The summed E-state index contributed by atoms with van der Waals surface area (Å²) in [5.74, 6) is 6.49. The SMILES string of the molecule is CC1(C)OB(c2cc(Cl)c3[nH]ncc3c2)OC1(C)C.Clc1cc(Br)cc2cn[nH]c12.Fc1ccc(Br)cc1Cl.NC(=O)c1c(-c2cc(Cl)c3[nH]ncc3c2)nn2c1CCCC2.NN.O.O=Cc1cc(Br)cc(Cl)c1F. The molecule has 2 aliphatic heterocycles. The normalized spacial score (nSPS) is 13.8. The van der Waals surface area contributed by atoms with Gasteiger partial charge in [0.25, 0.3) is 5.91 Å². The number of fused-ring (bicyclic) bond motifs is 4. The van der Waals surface area contributed by atoms with Crippen molar-refractivity contribution in [3.05, 3.63) is 152 Å². The van der Waals surface area contributed by atoms with Gasteiger partial charge in [-0.15, -0.1) is 0 Å². The van der Waals surface area contributed by atoms with Gasteiger partial charge in [0.1, 0.15) is 11.5 Å². The van der Waals surface area contributed by atoms with E-state index in [-0.39, 0.29) is 38.1 Å². The van der Waals surface area contributed by atoms with Crippen LogP contribution in [0.4, 0.5) is 8.78 Å². The van der Waals surface area contributed by atoms with Crippen molar-refractivity contribution in [3.8, 4) is 11.3 Å². The summed E-state index contributed by atoms with van der Waals surface area (Å²) in [7, 11) is -0.401. The zero-order chi connectivity index (χ0) is 54.2. The summed E-state index contributed by atoms with van der Waals surface area (Å²) in [6.45, 7) is 8.95. The van der Waals surface area contributed by atoms with Gasteiger partial charge in [0.15, 0.2) is 12.1 Å². The number of aryl methyl sites for hydroxylation is 1.